The van der Waals surface area contributed by atoms with Crippen molar-refractivity contribution in [3.8, 4) is 11.3 Å². The summed E-state index contributed by atoms with van der Waals surface area (Å²) >= 11 is 0. The molecule has 0 saturated heterocycles. The number of hydrogen-bond acceptors (Lipinski definition) is 4. The maximum atomic E-state index is 13.7. The van der Waals surface area contributed by atoms with E-state index < -0.39 is 0 Å². The molecule has 1 unspecified atom stereocenters. The molecule has 1 aliphatic rings. The first-order valence-corrected chi connectivity index (χ1v) is 9.37. The number of anilines is 1. The Balaban J connectivity index is 1.70. The molecule has 0 saturated carbocycles. The van der Waals surface area contributed by atoms with E-state index in [-0.39, 0.29) is 11.9 Å². The number of benzene rings is 2. The Morgan fingerprint density at radius 2 is 1.86 bits per heavy atom. The molecule has 1 atom stereocenters. The molecule has 5 rings (SSSR count). The molecule has 4 aromatic rings. The third-order valence-corrected chi connectivity index (χ3v) is 5.34. The quantitative estimate of drug-likeness (QED) is 0.510. The lowest BCUT2D eigenvalue weighted by molar-refractivity contribution is 0.0983. The summed E-state index contributed by atoms with van der Waals surface area (Å²) < 4.78 is 5.43. The van der Waals surface area contributed by atoms with Crippen molar-refractivity contribution in [2.75, 3.05) is 4.90 Å². The van der Waals surface area contributed by atoms with E-state index in [1.165, 1.54) is 5.56 Å². The minimum Gasteiger partial charge on any atom is -0.335 e. The zero-order valence-corrected chi connectivity index (χ0v) is 15.7. The van der Waals surface area contributed by atoms with Gasteiger partial charge in [0.25, 0.3) is 11.6 Å². The second-order valence-electron chi connectivity index (χ2n) is 7.23. The molecule has 0 N–H and O–H groups in total. The second-order valence-corrected chi connectivity index (χ2v) is 7.23. The van der Waals surface area contributed by atoms with Crippen molar-refractivity contribution < 1.29 is 9.32 Å². The summed E-state index contributed by atoms with van der Waals surface area (Å²) in [4.78, 5) is 20.2. The molecule has 2 aromatic carbocycles. The van der Waals surface area contributed by atoms with Crippen LogP contribution < -0.4 is 4.90 Å². The summed E-state index contributed by atoms with van der Waals surface area (Å²) in [5.41, 5.74) is 5.44. The average Bonchev–Trinajstić information content (AvgIpc) is 3.26. The minimum atomic E-state index is -0.0478. The van der Waals surface area contributed by atoms with Crippen LogP contribution in [0.1, 0.15) is 28.5 Å². The van der Waals surface area contributed by atoms with Crippen LogP contribution in [0.25, 0.3) is 22.4 Å². The van der Waals surface area contributed by atoms with Gasteiger partial charge in [0.2, 0.25) is 0 Å². The van der Waals surface area contributed by atoms with E-state index in [9.17, 15) is 4.79 Å². The molecule has 1 aliphatic heterocycles. The maximum absolute atomic E-state index is 13.7. The number of hydrogen-bond donors (Lipinski definition) is 0. The predicted octanol–water partition coefficient (Wildman–Crippen LogP) is 4.79. The van der Waals surface area contributed by atoms with Crippen molar-refractivity contribution in [3.05, 3.63) is 77.5 Å². The van der Waals surface area contributed by atoms with Gasteiger partial charge in [-0.15, -0.1) is 0 Å². The maximum Gasteiger partial charge on any atom is 0.259 e. The smallest absolute Gasteiger partial charge is 0.259 e. The summed E-state index contributed by atoms with van der Waals surface area (Å²) in [5, 5.41) is 4.74. The summed E-state index contributed by atoms with van der Waals surface area (Å²) in [6.45, 7) is 3.92. The highest BCUT2D eigenvalue weighted by atomic mass is 16.5. The molecule has 5 heteroatoms. The van der Waals surface area contributed by atoms with Gasteiger partial charge in [0, 0.05) is 17.3 Å². The van der Waals surface area contributed by atoms with Crippen molar-refractivity contribution in [2.24, 2.45) is 0 Å². The molecule has 2 aromatic heterocycles. The zero-order valence-electron chi connectivity index (χ0n) is 15.7. The number of aryl methyl sites for hydroxylation is 1. The summed E-state index contributed by atoms with van der Waals surface area (Å²) in [7, 11) is 0. The highest BCUT2D eigenvalue weighted by molar-refractivity contribution is 6.15. The van der Waals surface area contributed by atoms with E-state index in [0.717, 1.165) is 17.7 Å². The number of nitrogens with zero attached hydrogens (tertiary/aromatic N) is 3. The Morgan fingerprint density at radius 3 is 2.68 bits per heavy atom. The molecule has 5 nitrogen and oxygen atoms in total. The van der Waals surface area contributed by atoms with Gasteiger partial charge < -0.3 is 9.42 Å². The second kappa shape index (κ2) is 6.30. The molecule has 0 aliphatic carbocycles. The predicted molar refractivity (Wildman–Crippen MR) is 108 cm³/mol. The summed E-state index contributed by atoms with van der Waals surface area (Å²) in [6.07, 6.45) is 0.851. The van der Waals surface area contributed by atoms with E-state index in [4.69, 9.17) is 4.52 Å². The van der Waals surface area contributed by atoms with Gasteiger partial charge in [-0.05, 0) is 38.0 Å². The standard InChI is InChI=1S/C23H19N3O2/c1-14-12-17-10-6-7-11-20(17)26(14)23(27)18-13-19(16-8-4-3-5-9-16)24-22-21(18)15(2)25-28-22/h3-11,13-14H,12H2,1-2H3. The first-order valence-electron chi connectivity index (χ1n) is 9.37. The third-order valence-electron chi connectivity index (χ3n) is 5.34. The lowest BCUT2D eigenvalue weighted by atomic mass is 10.0. The van der Waals surface area contributed by atoms with Crippen molar-refractivity contribution in [2.45, 2.75) is 26.3 Å². The van der Waals surface area contributed by atoms with Gasteiger partial charge in [-0.2, -0.15) is 0 Å². The fourth-order valence-corrected chi connectivity index (χ4v) is 4.02. The number of carbonyl (C=O) groups is 1. The molecule has 28 heavy (non-hydrogen) atoms. The van der Waals surface area contributed by atoms with Crippen molar-refractivity contribution in [1.29, 1.82) is 0 Å². The van der Waals surface area contributed by atoms with E-state index >= 15 is 0 Å². The van der Waals surface area contributed by atoms with Crippen molar-refractivity contribution in [3.63, 3.8) is 0 Å². The Bertz CT molecular complexity index is 1200. The van der Waals surface area contributed by atoms with Crippen LogP contribution in [0.4, 0.5) is 5.69 Å². The molecule has 3 heterocycles. The van der Waals surface area contributed by atoms with Gasteiger partial charge in [0.15, 0.2) is 0 Å². The van der Waals surface area contributed by atoms with Gasteiger partial charge in [0.1, 0.15) is 0 Å². The minimum absolute atomic E-state index is 0.0478. The molecule has 138 valence electrons. The number of pyridine rings is 1. The lowest BCUT2D eigenvalue weighted by Crippen LogP contribution is -2.35. The van der Waals surface area contributed by atoms with E-state index in [1.807, 2.05) is 66.4 Å². The van der Waals surface area contributed by atoms with Crippen LogP contribution >= 0.6 is 0 Å². The van der Waals surface area contributed by atoms with Crippen LogP contribution in [0.2, 0.25) is 0 Å². The summed E-state index contributed by atoms with van der Waals surface area (Å²) in [5.74, 6) is -0.0478. The molecule has 0 fully saturated rings. The molecule has 0 spiro atoms. The first kappa shape index (κ1) is 16.7. The van der Waals surface area contributed by atoms with E-state index in [2.05, 4.69) is 23.1 Å². The fourth-order valence-electron chi connectivity index (χ4n) is 4.02. The largest absolute Gasteiger partial charge is 0.335 e. The molecular formula is C23H19N3O2. The number of fused-ring (bicyclic) bond motifs is 2. The molecule has 0 bridgehead atoms. The van der Waals surface area contributed by atoms with Gasteiger partial charge in [0.05, 0.1) is 22.3 Å². The first-order chi connectivity index (χ1) is 13.6. The van der Waals surface area contributed by atoms with Crippen LogP contribution in [0.3, 0.4) is 0 Å². The Hall–Kier alpha value is -3.47. The van der Waals surface area contributed by atoms with Crippen LogP contribution in [0, 0.1) is 6.92 Å². The number of para-hydroxylation sites is 1. The van der Waals surface area contributed by atoms with E-state index in [0.29, 0.717) is 28.1 Å². The Morgan fingerprint density at radius 1 is 1.11 bits per heavy atom. The van der Waals surface area contributed by atoms with Crippen LogP contribution in [0.5, 0.6) is 0 Å². The van der Waals surface area contributed by atoms with Gasteiger partial charge in [-0.25, -0.2) is 4.98 Å². The Kier molecular flexibility index (Phi) is 3.76. The monoisotopic (exact) mass is 369 g/mol. The highest BCUT2D eigenvalue weighted by Gasteiger charge is 2.33. The highest BCUT2D eigenvalue weighted by Crippen LogP contribution is 2.35. The van der Waals surface area contributed by atoms with E-state index in [1.54, 1.807) is 0 Å². The SMILES string of the molecule is Cc1noc2nc(-c3ccccc3)cc(C(=O)N3c4ccccc4CC3C)c12. The molecular weight excluding hydrogens is 350 g/mol. The topological polar surface area (TPSA) is 59.2 Å². The zero-order chi connectivity index (χ0) is 19.3. The van der Waals surface area contributed by atoms with Gasteiger partial charge in [-0.3, -0.25) is 4.79 Å². The van der Waals surface area contributed by atoms with Crippen molar-refractivity contribution >= 4 is 22.7 Å². The van der Waals surface area contributed by atoms with Crippen LogP contribution in [0.15, 0.2) is 65.2 Å². The number of carbonyl (C=O) groups excluding carboxylic acids is 1. The average molecular weight is 369 g/mol. The van der Waals surface area contributed by atoms with Crippen LogP contribution in [-0.2, 0) is 6.42 Å². The number of amides is 1. The normalized spacial score (nSPS) is 15.8. The lowest BCUT2D eigenvalue weighted by Gasteiger charge is -2.23. The third kappa shape index (κ3) is 2.51. The van der Waals surface area contributed by atoms with Gasteiger partial charge in [-0.1, -0.05) is 53.7 Å². The van der Waals surface area contributed by atoms with Crippen molar-refractivity contribution in [1.82, 2.24) is 10.1 Å². The fraction of sp³-hybridized carbons (Fsp3) is 0.174. The number of aromatic nitrogens is 2. The molecule has 1 amide bonds. The van der Waals surface area contributed by atoms with Gasteiger partial charge >= 0.3 is 0 Å². The van der Waals surface area contributed by atoms with Crippen LogP contribution in [-0.4, -0.2) is 22.1 Å². The Labute approximate surface area is 162 Å². The number of rotatable bonds is 2. The molecule has 0 radical (unpaired) electrons. The summed E-state index contributed by atoms with van der Waals surface area (Å²) in [6, 6.07) is 19.8.